The lowest BCUT2D eigenvalue weighted by Gasteiger charge is -2.34. The molecular formula is C13H14Cl2INO. The number of likely N-dealkylation sites (tertiary alicyclic amines) is 1. The quantitative estimate of drug-likeness (QED) is 0.541. The number of alkyl halides is 1. The van der Waals surface area contributed by atoms with Crippen LogP contribution in [0.15, 0.2) is 18.2 Å². The second kappa shape index (κ2) is 6.44. The summed E-state index contributed by atoms with van der Waals surface area (Å²) in [5.41, 5.74) is 0.650. The zero-order valence-corrected chi connectivity index (χ0v) is 13.5. The van der Waals surface area contributed by atoms with Gasteiger partial charge in [-0.2, -0.15) is 0 Å². The summed E-state index contributed by atoms with van der Waals surface area (Å²) in [5, 5.41) is 0.626. The Kier molecular flexibility index (Phi) is 5.15. The number of hydrogen-bond donors (Lipinski definition) is 0. The maximum absolute atomic E-state index is 12.4. The maximum atomic E-state index is 12.4. The molecule has 1 saturated heterocycles. The Morgan fingerprint density at radius 2 is 2.22 bits per heavy atom. The lowest BCUT2D eigenvalue weighted by molar-refractivity contribution is 0.0639. The monoisotopic (exact) mass is 397 g/mol. The van der Waals surface area contributed by atoms with E-state index in [1.807, 2.05) is 17.0 Å². The third kappa shape index (κ3) is 3.11. The van der Waals surface area contributed by atoms with Crippen molar-refractivity contribution >= 4 is 51.7 Å². The lowest BCUT2D eigenvalue weighted by Crippen LogP contribution is -2.44. The van der Waals surface area contributed by atoms with Crippen molar-refractivity contribution in [3.05, 3.63) is 32.4 Å². The van der Waals surface area contributed by atoms with Crippen LogP contribution in [0, 0.1) is 3.57 Å². The molecule has 5 heteroatoms. The zero-order valence-electron chi connectivity index (χ0n) is 9.83. The molecule has 1 heterocycles. The molecule has 1 amide bonds. The van der Waals surface area contributed by atoms with E-state index in [0.29, 0.717) is 16.5 Å². The van der Waals surface area contributed by atoms with Crippen LogP contribution in [0.5, 0.6) is 0 Å². The van der Waals surface area contributed by atoms with Crippen LogP contribution >= 0.6 is 45.8 Å². The third-order valence-electron chi connectivity index (χ3n) is 3.23. The van der Waals surface area contributed by atoms with Gasteiger partial charge in [0.2, 0.25) is 0 Å². The zero-order chi connectivity index (χ0) is 13.1. The van der Waals surface area contributed by atoms with Gasteiger partial charge in [0.25, 0.3) is 5.91 Å². The highest BCUT2D eigenvalue weighted by atomic mass is 127. The molecule has 1 atom stereocenters. The van der Waals surface area contributed by atoms with Crippen LogP contribution in [-0.4, -0.2) is 29.3 Å². The first-order valence-electron chi connectivity index (χ1n) is 5.95. The predicted octanol–water partition coefficient (Wildman–Crippen LogP) is 4.18. The molecule has 1 aromatic rings. The number of rotatable bonds is 2. The first-order chi connectivity index (χ1) is 8.63. The number of hydrogen-bond acceptors (Lipinski definition) is 1. The Morgan fingerprint density at radius 1 is 1.44 bits per heavy atom. The van der Waals surface area contributed by atoms with Crippen molar-refractivity contribution < 1.29 is 4.79 Å². The van der Waals surface area contributed by atoms with Crippen LogP contribution < -0.4 is 0 Å². The SMILES string of the molecule is O=C(c1ccc(I)c(Cl)c1)N1CCCCC1CCl. The number of halogens is 3. The molecular weight excluding hydrogens is 384 g/mol. The minimum absolute atomic E-state index is 0.0404. The molecule has 1 unspecified atom stereocenters. The van der Waals surface area contributed by atoms with Crippen molar-refractivity contribution in [2.45, 2.75) is 25.3 Å². The molecule has 2 rings (SSSR count). The van der Waals surface area contributed by atoms with E-state index in [4.69, 9.17) is 23.2 Å². The Balaban J connectivity index is 2.21. The van der Waals surface area contributed by atoms with E-state index in [1.54, 1.807) is 6.07 Å². The molecule has 0 saturated carbocycles. The smallest absolute Gasteiger partial charge is 0.254 e. The molecule has 98 valence electrons. The largest absolute Gasteiger partial charge is 0.334 e. The van der Waals surface area contributed by atoms with Crippen molar-refractivity contribution in [2.75, 3.05) is 12.4 Å². The molecule has 0 spiro atoms. The van der Waals surface area contributed by atoms with Crippen molar-refractivity contribution in [3.63, 3.8) is 0 Å². The summed E-state index contributed by atoms with van der Waals surface area (Å²) in [6, 6.07) is 5.60. The van der Waals surface area contributed by atoms with Crippen molar-refractivity contribution in [2.24, 2.45) is 0 Å². The molecule has 1 aromatic carbocycles. The predicted molar refractivity (Wildman–Crippen MR) is 83.6 cm³/mol. The van der Waals surface area contributed by atoms with E-state index in [9.17, 15) is 4.79 Å². The molecule has 0 N–H and O–H groups in total. The van der Waals surface area contributed by atoms with E-state index >= 15 is 0 Å². The number of carbonyl (C=O) groups is 1. The van der Waals surface area contributed by atoms with E-state index in [-0.39, 0.29) is 11.9 Å². The molecule has 1 aliphatic heterocycles. The van der Waals surface area contributed by atoms with Crippen molar-refractivity contribution in [1.29, 1.82) is 0 Å². The van der Waals surface area contributed by atoms with Crippen LogP contribution in [0.2, 0.25) is 5.02 Å². The molecule has 0 aliphatic carbocycles. The topological polar surface area (TPSA) is 20.3 Å². The van der Waals surface area contributed by atoms with Crippen LogP contribution in [0.25, 0.3) is 0 Å². The Hall–Kier alpha value is -0.000000000000000167. The minimum atomic E-state index is 0.0404. The van der Waals surface area contributed by atoms with Gasteiger partial charge in [0, 0.05) is 27.6 Å². The van der Waals surface area contributed by atoms with Crippen LogP contribution in [-0.2, 0) is 0 Å². The molecule has 18 heavy (non-hydrogen) atoms. The third-order valence-corrected chi connectivity index (χ3v) is 5.16. The number of benzene rings is 1. The average molecular weight is 398 g/mol. The average Bonchev–Trinajstić information content (AvgIpc) is 2.41. The maximum Gasteiger partial charge on any atom is 0.254 e. The highest BCUT2D eigenvalue weighted by Gasteiger charge is 2.26. The number of nitrogens with zero attached hydrogens (tertiary/aromatic N) is 1. The summed E-state index contributed by atoms with van der Waals surface area (Å²) in [4.78, 5) is 14.3. The fourth-order valence-electron chi connectivity index (χ4n) is 2.22. The van der Waals surface area contributed by atoms with Crippen molar-refractivity contribution in [3.8, 4) is 0 Å². The number of amides is 1. The summed E-state index contributed by atoms with van der Waals surface area (Å²) in [6.45, 7) is 0.791. The summed E-state index contributed by atoms with van der Waals surface area (Å²) in [7, 11) is 0. The van der Waals surface area contributed by atoms with Gasteiger partial charge >= 0.3 is 0 Å². The van der Waals surface area contributed by atoms with E-state index in [0.717, 1.165) is 29.4 Å². The van der Waals surface area contributed by atoms with Crippen molar-refractivity contribution in [1.82, 2.24) is 4.90 Å². The van der Waals surface area contributed by atoms with Crippen LogP contribution in [0.3, 0.4) is 0 Å². The Labute approximate surface area is 131 Å². The van der Waals surface area contributed by atoms with Gasteiger partial charge in [-0.05, 0) is 60.1 Å². The van der Waals surface area contributed by atoms with E-state index in [1.165, 1.54) is 0 Å². The standard InChI is InChI=1S/C13H14Cl2INO/c14-8-10-3-1-2-6-17(10)13(18)9-4-5-12(16)11(15)7-9/h4-5,7,10H,1-3,6,8H2. The summed E-state index contributed by atoms with van der Waals surface area (Å²) >= 11 is 14.2. The van der Waals surface area contributed by atoms with Gasteiger partial charge in [0.05, 0.1) is 5.02 Å². The summed E-state index contributed by atoms with van der Waals surface area (Å²) in [5.74, 6) is 0.544. The van der Waals surface area contributed by atoms with Crippen LogP contribution in [0.1, 0.15) is 29.6 Å². The number of carbonyl (C=O) groups excluding carboxylic acids is 1. The minimum Gasteiger partial charge on any atom is -0.334 e. The first-order valence-corrected chi connectivity index (χ1v) is 7.94. The fraction of sp³-hybridized carbons (Fsp3) is 0.462. The molecule has 0 bridgehead atoms. The normalized spacial score (nSPS) is 19.9. The fourth-order valence-corrected chi connectivity index (χ4v) is 3.06. The van der Waals surface area contributed by atoms with Gasteiger partial charge in [0.15, 0.2) is 0 Å². The van der Waals surface area contributed by atoms with Gasteiger partial charge < -0.3 is 4.90 Å². The van der Waals surface area contributed by atoms with E-state index < -0.39 is 0 Å². The van der Waals surface area contributed by atoms with Crippen LogP contribution in [0.4, 0.5) is 0 Å². The Morgan fingerprint density at radius 3 is 2.89 bits per heavy atom. The lowest BCUT2D eigenvalue weighted by atomic mass is 10.0. The highest BCUT2D eigenvalue weighted by Crippen LogP contribution is 2.24. The van der Waals surface area contributed by atoms with Gasteiger partial charge in [-0.1, -0.05) is 11.6 Å². The Bertz CT molecular complexity index is 453. The van der Waals surface area contributed by atoms with Gasteiger partial charge in [-0.15, -0.1) is 11.6 Å². The number of piperidine rings is 1. The molecule has 1 fully saturated rings. The molecule has 1 aliphatic rings. The van der Waals surface area contributed by atoms with E-state index in [2.05, 4.69) is 22.6 Å². The molecule has 2 nitrogen and oxygen atoms in total. The molecule has 0 aromatic heterocycles. The van der Waals surface area contributed by atoms with Gasteiger partial charge in [0.1, 0.15) is 0 Å². The molecule has 0 radical (unpaired) electrons. The van der Waals surface area contributed by atoms with Gasteiger partial charge in [-0.25, -0.2) is 0 Å². The summed E-state index contributed by atoms with van der Waals surface area (Å²) in [6.07, 6.45) is 3.19. The second-order valence-corrected chi connectivity index (χ2v) is 6.31. The summed E-state index contributed by atoms with van der Waals surface area (Å²) < 4.78 is 0.957. The highest BCUT2D eigenvalue weighted by molar-refractivity contribution is 14.1. The van der Waals surface area contributed by atoms with Gasteiger partial charge in [-0.3, -0.25) is 4.79 Å². The second-order valence-electron chi connectivity index (χ2n) is 4.43. The first kappa shape index (κ1) is 14.4.